The summed E-state index contributed by atoms with van der Waals surface area (Å²) in [4.78, 5) is 17.1. The summed E-state index contributed by atoms with van der Waals surface area (Å²) in [5.41, 5.74) is 1.87. The minimum Gasteiger partial charge on any atom is -0.303 e. The van der Waals surface area contributed by atoms with Crippen LogP contribution in [0.4, 0.5) is 11.4 Å². The highest BCUT2D eigenvalue weighted by Crippen LogP contribution is 2.26. The van der Waals surface area contributed by atoms with Gasteiger partial charge in [0.15, 0.2) is 0 Å². The second-order valence-corrected chi connectivity index (χ2v) is 6.05. The van der Waals surface area contributed by atoms with Crippen LogP contribution in [-0.2, 0) is 4.79 Å². The number of hydrogen-bond acceptors (Lipinski definition) is 2. The Hall–Kier alpha value is -2.13. The highest BCUT2D eigenvalue weighted by molar-refractivity contribution is 6.00. The molecule has 0 aliphatic carbocycles. The normalized spacial score (nSPS) is 15.3. The van der Waals surface area contributed by atoms with E-state index < -0.39 is 0 Å². The summed E-state index contributed by atoms with van der Waals surface area (Å²) < 4.78 is 0. The third kappa shape index (κ3) is 4.20. The first-order chi connectivity index (χ1) is 11.3. The molecule has 1 aliphatic rings. The van der Waals surface area contributed by atoms with Crippen LogP contribution >= 0.6 is 0 Å². The van der Waals surface area contributed by atoms with Gasteiger partial charge in [-0.15, -0.1) is 0 Å². The van der Waals surface area contributed by atoms with E-state index in [1.54, 1.807) is 0 Å². The fraction of sp³-hybridized carbons (Fsp3) is 0.350. The van der Waals surface area contributed by atoms with Crippen LogP contribution in [0.2, 0.25) is 0 Å². The van der Waals surface area contributed by atoms with E-state index in [9.17, 15) is 4.79 Å². The van der Waals surface area contributed by atoms with Crippen LogP contribution in [0.1, 0.15) is 25.7 Å². The molecule has 0 spiro atoms. The molecule has 3 rings (SSSR count). The van der Waals surface area contributed by atoms with Crippen molar-refractivity contribution in [2.45, 2.75) is 25.7 Å². The first-order valence-corrected chi connectivity index (χ1v) is 8.50. The smallest absolute Gasteiger partial charge is 0.232 e. The van der Waals surface area contributed by atoms with Crippen LogP contribution in [0.3, 0.4) is 0 Å². The molecule has 2 aromatic carbocycles. The van der Waals surface area contributed by atoms with Crippen molar-refractivity contribution < 1.29 is 4.79 Å². The lowest BCUT2D eigenvalue weighted by atomic mass is 10.1. The third-order valence-corrected chi connectivity index (χ3v) is 4.37. The van der Waals surface area contributed by atoms with E-state index in [0.29, 0.717) is 6.42 Å². The van der Waals surface area contributed by atoms with Crippen molar-refractivity contribution in [1.82, 2.24) is 4.90 Å². The van der Waals surface area contributed by atoms with Gasteiger partial charge in [0.05, 0.1) is 0 Å². The van der Waals surface area contributed by atoms with Crippen LogP contribution < -0.4 is 4.90 Å². The Balaban J connectivity index is 1.74. The molecule has 1 fully saturated rings. The van der Waals surface area contributed by atoms with Gasteiger partial charge in [-0.3, -0.25) is 9.69 Å². The second kappa shape index (κ2) is 7.93. The van der Waals surface area contributed by atoms with Gasteiger partial charge >= 0.3 is 0 Å². The van der Waals surface area contributed by atoms with E-state index in [0.717, 1.165) is 31.0 Å². The van der Waals surface area contributed by atoms with Gasteiger partial charge in [0, 0.05) is 24.3 Å². The fourth-order valence-electron chi connectivity index (χ4n) is 3.14. The van der Waals surface area contributed by atoms with E-state index in [1.165, 1.54) is 19.3 Å². The minimum atomic E-state index is 0.160. The van der Waals surface area contributed by atoms with Crippen molar-refractivity contribution in [1.29, 1.82) is 0 Å². The maximum Gasteiger partial charge on any atom is 0.232 e. The van der Waals surface area contributed by atoms with E-state index in [4.69, 9.17) is 0 Å². The van der Waals surface area contributed by atoms with Gasteiger partial charge in [0.2, 0.25) is 5.91 Å². The average molecular weight is 308 g/mol. The summed E-state index contributed by atoms with van der Waals surface area (Å²) in [6.07, 6.45) is 4.40. The van der Waals surface area contributed by atoms with Crippen molar-refractivity contribution in [3.63, 3.8) is 0 Å². The van der Waals surface area contributed by atoms with Crippen LogP contribution in [0.5, 0.6) is 0 Å². The molecule has 0 aromatic heterocycles. The zero-order valence-corrected chi connectivity index (χ0v) is 13.5. The van der Waals surface area contributed by atoms with Gasteiger partial charge in [0.1, 0.15) is 0 Å². The number of likely N-dealkylation sites (tertiary alicyclic amines) is 1. The quantitative estimate of drug-likeness (QED) is 0.825. The molecule has 3 nitrogen and oxygen atoms in total. The summed E-state index contributed by atoms with van der Waals surface area (Å²) in [7, 11) is 0. The Labute approximate surface area is 138 Å². The average Bonchev–Trinajstić information content (AvgIpc) is 2.63. The molecule has 0 N–H and O–H groups in total. The van der Waals surface area contributed by atoms with Crippen molar-refractivity contribution in [3.05, 3.63) is 60.7 Å². The largest absolute Gasteiger partial charge is 0.303 e. The molecule has 0 atom stereocenters. The van der Waals surface area contributed by atoms with Gasteiger partial charge in [-0.05, 0) is 50.2 Å². The molecule has 1 saturated heterocycles. The van der Waals surface area contributed by atoms with Crippen LogP contribution in [0.15, 0.2) is 60.7 Å². The van der Waals surface area contributed by atoms with Crippen molar-refractivity contribution in [2.24, 2.45) is 0 Å². The number of nitrogens with zero attached hydrogens (tertiary/aromatic N) is 2. The van der Waals surface area contributed by atoms with Gasteiger partial charge in [0.25, 0.3) is 0 Å². The maximum absolute atomic E-state index is 12.9. The number of carbonyl (C=O) groups excluding carboxylic acids is 1. The molecule has 0 bridgehead atoms. The van der Waals surface area contributed by atoms with Crippen LogP contribution in [0, 0.1) is 0 Å². The summed E-state index contributed by atoms with van der Waals surface area (Å²) in [6, 6.07) is 19.8. The van der Waals surface area contributed by atoms with Crippen molar-refractivity contribution >= 4 is 17.3 Å². The Morgan fingerprint density at radius 2 is 1.35 bits per heavy atom. The van der Waals surface area contributed by atoms with Gasteiger partial charge in [-0.25, -0.2) is 0 Å². The SMILES string of the molecule is O=C(CCN1CCCCC1)N(c1ccccc1)c1ccccc1. The predicted molar refractivity (Wildman–Crippen MR) is 94.9 cm³/mol. The van der Waals surface area contributed by atoms with Crippen molar-refractivity contribution in [2.75, 3.05) is 24.5 Å². The lowest BCUT2D eigenvalue weighted by Crippen LogP contribution is -2.34. The lowest BCUT2D eigenvalue weighted by molar-refractivity contribution is -0.118. The fourth-order valence-corrected chi connectivity index (χ4v) is 3.14. The predicted octanol–water partition coefficient (Wildman–Crippen LogP) is 4.23. The highest BCUT2D eigenvalue weighted by Gasteiger charge is 2.19. The summed E-state index contributed by atoms with van der Waals surface area (Å²) >= 11 is 0. The highest BCUT2D eigenvalue weighted by atomic mass is 16.2. The second-order valence-electron chi connectivity index (χ2n) is 6.05. The number of rotatable bonds is 5. The minimum absolute atomic E-state index is 0.160. The van der Waals surface area contributed by atoms with E-state index in [1.807, 2.05) is 65.6 Å². The standard InChI is InChI=1S/C20H24N2O/c23-20(14-17-21-15-8-3-9-16-21)22(18-10-4-1-5-11-18)19-12-6-2-7-13-19/h1-2,4-7,10-13H,3,8-9,14-17H2. The molecule has 1 heterocycles. The molecule has 0 saturated carbocycles. The van der Waals surface area contributed by atoms with Crippen LogP contribution in [0.25, 0.3) is 0 Å². The zero-order chi connectivity index (χ0) is 15.9. The number of para-hydroxylation sites is 2. The molecule has 1 aliphatic heterocycles. The third-order valence-electron chi connectivity index (χ3n) is 4.37. The number of anilines is 2. The molecule has 2 aromatic rings. The summed E-state index contributed by atoms with van der Waals surface area (Å²) in [5, 5.41) is 0. The van der Waals surface area contributed by atoms with E-state index >= 15 is 0 Å². The first-order valence-electron chi connectivity index (χ1n) is 8.50. The Bertz CT molecular complexity index is 567. The maximum atomic E-state index is 12.9. The number of carbonyl (C=O) groups is 1. The zero-order valence-electron chi connectivity index (χ0n) is 13.5. The van der Waals surface area contributed by atoms with Gasteiger partial charge < -0.3 is 4.90 Å². The Kier molecular flexibility index (Phi) is 5.43. The molecule has 23 heavy (non-hydrogen) atoms. The molecule has 0 unspecified atom stereocenters. The number of piperidine rings is 1. The Morgan fingerprint density at radius 3 is 1.87 bits per heavy atom. The summed E-state index contributed by atoms with van der Waals surface area (Å²) in [6.45, 7) is 3.11. The number of hydrogen-bond donors (Lipinski definition) is 0. The monoisotopic (exact) mass is 308 g/mol. The lowest BCUT2D eigenvalue weighted by Gasteiger charge is -2.28. The molecule has 120 valence electrons. The van der Waals surface area contributed by atoms with E-state index in [2.05, 4.69) is 4.90 Å². The first kappa shape index (κ1) is 15.8. The van der Waals surface area contributed by atoms with E-state index in [-0.39, 0.29) is 5.91 Å². The number of amides is 1. The van der Waals surface area contributed by atoms with Gasteiger partial charge in [-0.1, -0.05) is 42.8 Å². The molecular formula is C20H24N2O. The van der Waals surface area contributed by atoms with Crippen LogP contribution in [-0.4, -0.2) is 30.4 Å². The molecule has 0 radical (unpaired) electrons. The molecular weight excluding hydrogens is 284 g/mol. The summed E-state index contributed by atoms with van der Waals surface area (Å²) in [5.74, 6) is 0.160. The Morgan fingerprint density at radius 1 is 0.826 bits per heavy atom. The number of benzene rings is 2. The molecule has 1 amide bonds. The topological polar surface area (TPSA) is 23.6 Å². The van der Waals surface area contributed by atoms with Crippen molar-refractivity contribution in [3.8, 4) is 0 Å². The molecule has 3 heteroatoms. The van der Waals surface area contributed by atoms with Gasteiger partial charge in [-0.2, -0.15) is 0 Å².